The molecule has 2 N–H and O–H groups in total. The van der Waals surface area contributed by atoms with Gasteiger partial charge in [-0.2, -0.15) is 13.2 Å². The number of aliphatic hydroxyl groups excluding tert-OH is 1. The number of alkyl halides is 3. The minimum absolute atomic E-state index is 0.0208. The van der Waals surface area contributed by atoms with Crippen LogP contribution in [-0.4, -0.2) is 42.5 Å². The number of nitrogens with one attached hydrogen (secondary N) is 1. The van der Waals surface area contributed by atoms with Gasteiger partial charge in [-0.25, -0.2) is 0 Å². The van der Waals surface area contributed by atoms with Crippen LogP contribution in [0.4, 0.5) is 13.2 Å². The monoisotopic (exact) mass is 283 g/mol. The molecular formula is C12H20F3NO3. The number of halogens is 3. The molecule has 0 aromatic carbocycles. The van der Waals surface area contributed by atoms with E-state index >= 15 is 0 Å². The summed E-state index contributed by atoms with van der Waals surface area (Å²) in [5.41, 5.74) is 0. The summed E-state index contributed by atoms with van der Waals surface area (Å²) in [6, 6.07) is -0.178. The quantitative estimate of drug-likeness (QED) is 0.806. The Morgan fingerprint density at radius 2 is 2.05 bits per heavy atom. The molecule has 0 aliphatic heterocycles. The molecule has 1 amide bonds. The molecule has 1 fully saturated rings. The van der Waals surface area contributed by atoms with E-state index in [9.17, 15) is 23.1 Å². The van der Waals surface area contributed by atoms with Crippen molar-refractivity contribution in [2.45, 2.75) is 50.9 Å². The van der Waals surface area contributed by atoms with Gasteiger partial charge >= 0.3 is 6.18 Å². The van der Waals surface area contributed by atoms with Crippen molar-refractivity contribution in [3.63, 3.8) is 0 Å². The Morgan fingerprint density at radius 3 is 2.63 bits per heavy atom. The van der Waals surface area contributed by atoms with Crippen LogP contribution in [0.25, 0.3) is 0 Å². The van der Waals surface area contributed by atoms with Gasteiger partial charge in [-0.15, -0.1) is 0 Å². The molecular weight excluding hydrogens is 263 g/mol. The number of hydrogen-bond acceptors (Lipinski definition) is 3. The van der Waals surface area contributed by atoms with E-state index in [-0.39, 0.29) is 18.6 Å². The third-order valence-corrected chi connectivity index (χ3v) is 3.34. The van der Waals surface area contributed by atoms with E-state index in [1.807, 2.05) is 0 Å². The summed E-state index contributed by atoms with van der Waals surface area (Å²) in [4.78, 5) is 11.7. The fourth-order valence-corrected chi connectivity index (χ4v) is 2.21. The Balaban J connectivity index is 2.40. The van der Waals surface area contributed by atoms with Gasteiger partial charge < -0.3 is 15.2 Å². The second-order valence-corrected chi connectivity index (χ2v) is 4.91. The van der Waals surface area contributed by atoms with Gasteiger partial charge in [-0.05, 0) is 19.8 Å². The van der Waals surface area contributed by atoms with Crippen LogP contribution in [0.15, 0.2) is 0 Å². The van der Waals surface area contributed by atoms with Crippen molar-refractivity contribution < 1.29 is 27.8 Å². The lowest BCUT2D eigenvalue weighted by Crippen LogP contribution is -2.47. The Labute approximate surface area is 110 Å². The average Bonchev–Trinajstić information content (AvgIpc) is 2.35. The third kappa shape index (κ3) is 5.78. The van der Waals surface area contributed by atoms with Crippen LogP contribution >= 0.6 is 0 Å². The Bertz CT molecular complexity index is 296. The number of carbonyl (C=O) groups is 1. The van der Waals surface area contributed by atoms with Crippen LogP contribution in [-0.2, 0) is 9.53 Å². The molecule has 4 nitrogen and oxygen atoms in total. The molecule has 0 radical (unpaired) electrons. The first-order valence-corrected chi connectivity index (χ1v) is 6.43. The molecule has 0 bridgehead atoms. The van der Waals surface area contributed by atoms with Gasteiger partial charge in [0.05, 0.1) is 0 Å². The molecule has 1 aliphatic rings. The number of aliphatic hydroxyl groups is 1. The highest BCUT2D eigenvalue weighted by atomic mass is 19.4. The first-order valence-electron chi connectivity index (χ1n) is 6.43. The van der Waals surface area contributed by atoms with Crippen LogP contribution in [0.5, 0.6) is 0 Å². The molecule has 0 saturated heterocycles. The van der Waals surface area contributed by atoms with Gasteiger partial charge in [-0.3, -0.25) is 4.79 Å². The van der Waals surface area contributed by atoms with Gasteiger partial charge in [0.15, 0.2) is 0 Å². The molecule has 0 heterocycles. The van der Waals surface area contributed by atoms with Crippen LogP contribution < -0.4 is 5.32 Å². The Kier molecular flexibility index (Phi) is 6.06. The highest BCUT2D eigenvalue weighted by molar-refractivity contribution is 5.80. The predicted molar refractivity (Wildman–Crippen MR) is 62.4 cm³/mol. The maximum absolute atomic E-state index is 12.0. The molecule has 3 atom stereocenters. The second-order valence-electron chi connectivity index (χ2n) is 4.91. The highest BCUT2D eigenvalue weighted by Crippen LogP contribution is 2.24. The molecule has 0 aromatic rings. The lowest BCUT2D eigenvalue weighted by molar-refractivity contribution is -0.186. The van der Waals surface area contributed by atoms with E-state index < -0.39 is 24.8 Å². The topological polar surface area (TPSA) is 58.6 Å². The maximum atomic E-state index is 12.0. The van der Waals surface area contributed by atoms with Crippen LogP contribution in [0, 0.1) is 5.92 Å². The molecule has 7 heteroatoms. The van der Waals surface area contributed by atoms with E-state index in [1.54, 1.807) is 0 Å². The fourth-order valence-electron chi connectivity index (χ4n) is 2.21. The lowest BCUT2D eigenvalue weighted by atomic mass is 9.85. The zero-order valence-electron chi connectivity index (χ0n) is 10.9. The summed E-state index contributed by atoms with van der Waals surface area (Å²) < 4.78 is 40.4. The minimum atomic E-state index is -4.44. The van der Waals surface area contributed by atoms with Gasteiger partial charge in [-0.1, -0.05) is 12.8 Å². The van der Waals surface area contributed by atoms with E-state index in [2.05, 4.69) is 10.1 Å². The van der Waals surface area contributed by atoms with Gasteiger partial charge in [0.1, 0.15) is 12.7 Å². The summed E-state index contributed by atoms with van der Waals surface area (Å²) in [7, 11) is 0. The smallest absolute Gasteiger partial charge is 0.396 e. The van der Waals surface area contributed by atoms with Crippen molar-refractivity contribution >= 4 is 5.91 Å². The van der Waals surface area contributed by atoms with Crippen molar-refractivity contribution in [1.82, 2.24) is 5.32 Å². The highest BCUT2D eigenvalue weighted by Gasteiger charge is 2.31. The third-order valence-electron chi connectivity index (χ3n) is 3.34. The average molecular weight is 283 g/mol. The SMILES string of the molecule is CC(OCC(F)(F)F)C(=O)NC1CCCCC1CO. The zero-order chi connectivity index (χ0) is 14.5. The van der Waals surface area contributed by atoms with Crippen molar-refractivity contribution in [3.8, 4) is 0 Å². The first-order chi connectivity index (χ1) is 8.83. The summed E-state index contributed by atoms with van der Waals surface area (Å²) in [5.74, 6) is -0.581. The van der Waals surface area contributed by atoms with Crippen molar-refractivity contribution in [2.24, 2.45) is 5.92 Å². The second kappa shape index (κ2) is 7.09. The lowest BCUT2D eigenvalue weighted by Gasteiger charge is -2.31. The van der Waals surface area contributed by atoms with Crippen LogP contribution in [0.3, 0.4) is 0 Å². The molecule has 0 aromatic heterocycles. The summed E-state index contributed by atoms with van der Waals surface area (Å²) in [5, 5.41) is 11.9. The number of carbonyl (C=O) groups excluding carboxylic acids is 1. The normalized spacial score (nSPS) is 25.9. The van der Waals surface area contributed by atoms with Crippen molar-refractivity contribution in [1.29, 1.82) is 0 Å². The molecule has 3 unspecified atom stereocenters. The number of amides is 1. The van der Waals surface area contributed by atoms with Crippen molar-refractivity contribution in [2.75, 3.05) is 13.2 Å². The molecule has 1 saturated carbocycles. The van der Waals surface area contributed by atoms with Gasteiger partial charge in [0, 0.05) is 18.6 Å². The fraction of sp³-hybridized carbons (Fsp3) is 0.917. The van der Waals surface area contributed by atoms with E-state index in [0.29, 0.717) is 0 Å². The molecule has 0 spiro atoms. The van der Waals surface area contributed by atoms with Crippen LogP contribution in [0.1, 0.15) is 32.6 Å². The predicted octanol–water partition coefficient (Wildman–Crippen LogP) is 1.62. The standard InChI is InChI=1S/C12H20F3NO3/c1-8(19-7-12(13,14)15)11(18)16-10-5-3-2-4-9(10)6-17/h8-10,17H,2-7H2,1H3,(H,16,18). The Hall–Kier alpha value is -0.820. The maximum Gasteiger partial charge on any atom is 0.411 e. The molecule has 1 aliphatic carbocycles. The van der Waals surface area contributed by atoms with Gasteiger partial charge in [0.2, 0.25) is 5.91 Å². The summed E-state index contributed by atoms with van der Waals surface area (Å²) in [6.45, 7) is -0.170. The minimum Gasteiger partial charge on any atom is -0.396 e. The van der Waals surface area contributed by atoms with Crippen LogP contribution in [0.2, 0.25) is 0 Å². The van der Waals surface area contributed by atoms with E-state index in [1.165, 1.54) is 6.92 Å². The van der Waals surface area contributed by atoms with Crippen molar-refractivity contribution in [3.05, 3.63) is 0 Å². The number of hydrogen-bond donors (Lipinski definition) is 2. The summed E-state index contributed by atoms with van der Waals surface area (Å²) in [6.07, 6.45) is -2.09. The van der Waals surface area contributed by atoms with E-state index in [4.69, 9.17) is 0 Å². The molecule has 1 rings (SSSR count). The molecule has 112 valence electrons. The van der Waals surface area contributed by atoms with E-state index in [0.717, 1.165) is 25.7 Å². The first kappa shape index (κ1) is 16.2. The molecule has 19 heavy (non-hydrogen) atoms. The zero-order valence-corrected chi connectivity index (χ0v) is 10.9. The van der Waals surface area contributed by atoms with Gasteiger partial charge in [0.25, 0.3) is 0 Å². The summed E-state index contributed by atoms with van der Waals surface area (Å²) >= 11 is 0. The largest absolute Gasteiger partial charge is 0.411 e. The Morgan fingerprint density at radius 1 is 1.42 bits per heavy atom. The number of ether oxygens (including phenoxy) is 1. The number of rotatable bonds is 5.